The summed E-state index contributed by atoms with van der Waals surface area (Å²) in [4.78, 5) is 23.2. The van der Waals surface area contributed by atoms with Crippen LogP contribution in [-0.2, 0) is 9.59 Å². The van der Waals surface area contributed by atoms with Crippen molar-refractivity contribution < 1.29 is 19.4 Å². The van der Waals surface area contributed by atoms with Crippen LogP contribution in [0.1, 0.15) is 26.2 Å². The zero-order chi connectivity index (χ0) is 14.8. The molecule has 1 aliphatic carbocycles. The van der Waals surface area contributed by atoms with E-state index in [1.807, 2.05) is 0 Å². The number of nitrogens with one attached hydrogen (secondary N) is 1. The minimum absolute atomic E-state index is 0.429. The van der Waals surface area contributed by atoms with Crippen LogP contribution in [0.5, 0.6) is 5.75 Å². The van der Waals surface area contributed by atoms with Crippen LogP contribution in [0.15, 0.2) is 24.3 Å². The van der Waals surface area contributed by atoms with Gasteiger partial charge in [0.2, 0.25) is 0 Å². The lowest BCUT2D eigenvalue weighted by Crippen LogP contribution is -2.61. The number of benzene rings is 1. The first-order chi connectivity index (χ1) is 9.43. The molecule has 1 aliphatic rings. The number of rotatable bonds is 5. The summed E-state index contributed by atoms with van der Waals surface area (Å²) < 4.78 is 5.46. The van der Waals surface area contributed by atoms with Crippen LogP contribution in [0.25, 0.3) is 0 Å². The summed E-state index contributed by atoms with van der Waals surface area (Å²) in [6.45, 7) is 1.58. The van der Waals surface area contributed by atoms with E-state index in [1.165, 1.54) is 0 Å². The predicted molar refractivity (Wildman–Crippen MR) is 73.9 cm³/mol. The highest BCUT2D eigenvalue weighted by molar-refractivity contribution is 6.30. The van der Waals surface area contributed by atoms with Gasteiger partial charge in [-0.15, -0.1) is 0 Å². The summed E-state index contributed by atoms with van der Waals surface area (Å²) in [6.07, 6.45) is 0.954. The fourth-order valence-corrected chi connectivity index (χ4v) is 2.16. The Hall–Kier alpha value is -1.75. The lowest BCUT2D eigenvalue weighted by Gasteiger charge is -2.38. The van der Waals surface area contributed by atoms with E-state index in [4.69, 9.17) is 21.4 Å². The van der Waals surface area contributed by atoms with Gasteiger partial charge in [-0.3, -0.25) is 4.79 Å². The smallest absolute Gasteiger partial charge is 0.329 e. The van der Waals surface area contributed by atoms with Gasteiger partial charge in [-0.05, 0) is 50.5 Å². The summed E-state index contributed by atoms with van der Waals surface area (Å²) in [7, 11) is 0. The molecule has 1 amide bonds. The van der Waals surface area contributed by atoms with Crippen molar-refractivity contribution in [3.8, 4) is 5.75 Å². The third-order valence-electron chi connectivity index (χ3n) is 3.47. The number of carbonyl (C=O) groups excluding carboxylic acids is 1. The van der Waals surface area contributed by atoms with Crippen LogP contribution < -0.4 is 10.1 Å². The Balaban J connectivity index is 1.95. The van der Waals surface area contributed by atoms with Crippen LogP contribution in [0.2, 0.25) is 5.02 Å². The molecule has 5 nitrogen and oxygen atoms in total. The molecule has 1 aromatic carbocycles. The summed E-state index contributed by atoms with van der Waals surface area (Å²) in [5, 5.41) is 12.3. The summed E-state index contributed by atoms with van der Waals surface area (Å²) in [6, 6.07) is 6.63. The first-order valence-electron chi connectivity index (χ1n) is 6.41. The van der Waals surface area contributed by atoms with Gasteiger partial charge in [0.25, 0.3) is 5.91 Å². The van der Waals surface area contributed by atoms with E-state index in [0.717, 1.165) is 6.42 Å². The number of hydrogen-bond acceptors (Lipinski definition) is 3. The molecule has 6 heteroatoms. The molecule has 2 rings (SSSR count). The molecule has 0 radical (unpaired) electrons. The van der Waals surface area contributed by atoms with Crippen molar-refractivity contribution in [3.05, 3.63) is 29.3 Å². The number of aliphatic carboxylic acids is 1. The van der Waals surface area contributed by atoms with Crippen molar-refractivity contribution >= 4 is 23.5 Å². The lowest BCUT2D eigenvalue weighted by molar-refractivity contribution is -0.152. The number of ether oxygens (including phenoxy) is 1. The van der Waals surface area contributed by atoms with Gasteiger partial charge in [-0.25, -0.2) is 4.79 Å². The number of carbonyl (C=O) groups is 2. The van der Waals surface area contributed by atoms with Gasteiger partial charge in [0.05, 0.1) is 0 Å². The standard InChI is InChI=1S/C14H16ClNO4/c1-9(20-11-5-3-10(15)4-6-11)12(17)16-14(13(18)19)7-2-8-14/h3-6,9H,2,7-8H2,1H3,(H,16,17)(H,18,19). The van der Waals surface area contributed by atoms with Gasteiger partial charge in [0, 0.05) is 5.02 Å². The Morgan fingerprint density at radius 2 is 1.95 bits per heavy atom. The molecule has 0 heterocycles. The minimum atomic E-state index is -1.12. The summed E-state index contributed by atoms with van der Waals surface area (Å²) in [5.74, 6) is -0.909. The number of carboxylic acids is 1. The maximum Gasteiger partial charge on any atom is 0.329 e. The Morgan fingerprint density at radius 1 is 1.35 bits per heavy atom. The van der Waals surface area contributed by atoms with Gasteiger partial charge in [-0.2, -0.15) is 0 Å². The topological polar surface area (TPSA) is 75.6 Å². The molecule has 1 saturated carbocycles. The fraction of sp³-hybridized carbons (Fsp3) is 0.429. The number of halogens is 1. The van der Waals surface area contributed by atoms with E-state index in [-0.39, 0.29) is 0 Å². The normalized spacial score (nSPS) is 17.7. The first kappa shape index (κ1) is 14.7. The second-order valence-corrected chi connectivity index (χ2v) is 5.38. The highest BCUT2D eigenvalue weighted by atomic mass is 35.5. The van der Waals surface area contributed by atoms with E-state index in [0.29, 0.717) is 23.6 Å². The van der Waals surface area contributed by atoms with Crippen molar-refractivity contribution in [2.75, 3.05) is 0 Å². The van der Waals surface area contributed by atoms with Gasteiger partial charge in [-0.1, -0.05) is 11.6 Å². The second-order valence-electron chi connectivity index (χ2n) is 4.94. The quantitative estimate of drug-likeness (QED) is 0.874. The number of hydrogen-bond donors (Lipinski definition) is 2. The highest BCUT2D eigenvalue weighted by Gasteiger charge is 2.46. The molecule has 1 fully saturated rings. The van der Waals surface area contributed by atoms with Crippen molar-refractivity contribution in [1.29, 1.82) is 0 Å². The zero-order valence-electron chi connectivity index (χ0n) is 11.1. The SMILES string of the molecule is CC(Oc1ccc(Cl)cc1)C(=O)NC1(C(=O)O)CCC1. The molecular formula is C14H16ClNO4. The zero-order valence-corrected chi connectivity index (χ0v) is 11.8. The van der Waals surface area contributed by atoms with Crippen molar-refractivity contribution in [2.45, 2.75) is 37.8 Å². The average Bonchev–Trinajstić information content (AvgIpc) is 2.35. The minimum Gasteiger partial charge on any atom is -0.481 e. The molecule has 1 atom stereocenters. The van der Waals surface area contributed by atoms with Crippen molar-refractivity contribution in [3.63, 3.8) is 0 Å². The third-order valence-corrected chi connectivity index (χ3v) is 3.73. The van der Waals surface area contributed by atoms with E-state index in [9.17, 15) is 9.59 Å². The van der Waals surface area contributed by atoms with Gasteiger partial charge in [0.15, 0.2) is 6.10 Å². The Morgan fingerprint density at radius 3 is 2.40 bits per heavy atom. The van der Waals surface area contributed by atoms with Crippen LogP contribution >= 0.6 is 11.6 Å². The van der Waals surface area contributed by atoms with Crippen molar-refractivity contribution in [2.24, 2.45) is 0 Å². The van der Waals surface area contributed by atoms with E-state index in [2.05, 4.69) is 5.32 Å². The van der Waals surface area contributed by atoms with Gasteiger partial charge in [0.1, 0.15) is 11.3 Å². The van der Waals surface area contributed by atoms with Crippen LogP contribution in [0.4, 0.5) is 0 Å². The third kappa shape index (κ3) is 3.04. The highest BCUT2D eigenvalue weighted by Crippen LogP contribution is 2.32. The Labute approximate surface area is 121 Å². The number of amides is 1. The molecule has 0 saturated heterocycles. The largest absolute Gasteiger partial charge is 0.481 e. The van der Waals surface area contributed by atoms with Crippen LogP contribution in [-0.4, -0.2) is 28.6 Å². The second kappa shape index (κ2) is 5.71. The molecule has 0 bridgehead atoms. The number of carboxylic acid groups (broad SMARTS) is 1. The molecule has 108 valence electrons. The first-order valence-corrected chi connectivity index (χ1v) is 6.78. The summed E-state index contributed by atoms with van der Waals surface area (Å²) >= 11 is 5.76. The monoisotopic (exact) mass is 297 g/mol. The molecule has 1 aromatic rings. The molecule has 0 spiro atoms. The fourth-order valence-electron chi connectivity index (χ4n) is 2.03. The van der Waals surface area contributed by atoms with Crippen LogP contribution in [0, 0.1) is 0 Å². The van der Waals surface area contributed by atoms with Gasteiger partial charge < -0.3 is 15.2 Å². The lowest BCUT2D eigenvalue weighted by atomic mass is 9.76. The van der Waals surface area contributed by atoms with E-state index in [1.54, 1.807) is 31.2 Å². The molecule has 0 aliphatic heterocycles. The molecular weight excluding hydrogens is 282 g/mol. The Bertz CT molecular complexity index is 510. The molecule has 2 N–H and O–H groups in total. The molecule has 0 aromatic heterocycles. The van der Waals surface area contributed by atoms with E-state index >= 15 is 0 Å². The van der Waals surface area contributed by atoms with Crippen molar-refractivity contribution in [1.82, 2.24) is 5.32 Å². The maximum atomic E-state index is 12.0. The molecule has 20 heavy (non-hydrogen) atoms. The van der Waals surface area contributed by atoms with Gasteiger partial charge >= 0.3 is 5.97 Å². The van der Waals surface area contributed by atoms with E-state index < -0.39 is 23.5 Å². The Kier molecular flexibility index (Phi) is 4.18. The molecule has 1 unspecified atom stereocenters. The predicted octanol–water partition coefficient (Wildman–Crippen LogP) is 2.23. The summed E-state index contributed by atoms with van der Waals surface area (Å²) in [5.41, 5.74) is -1.12. The average molecular weight is 298 g/mol. The maximum absolute atomic E-state index is 12.0. The van der Waals surface area contributed by atoms with Crippen LogP contribution in [0.3, 0.4) is 0 Å².